The molecule has 2 aliphatic heterocycles. The molecule has 0 radical (unpaired) electrons. The Bertz CT molecular complexity index is 1660. The van der Waals surface area contributed by atoms with Crippen LogP contribution in [0.2, 0.25) is 0 Å². The van der Waals surface area contributed by atoms with Crippen LogP contribution in [-0.4, -0.2) is 37.7 Å². The highest BCUT2D eigenvalue weighted by Crippen LogP contribution is 2.56. The summed E-state index contributed by atoms with van der Waals surface area (Å²) < 4.78 is 18.5. The first-order chi connectivity index (χ1) is 21.3. The second-order valence-corrected chi connectivity index (χ2v) is 11.6. The second-order valence-electron chi connectivity index (χ2n) is 11.6. The third-order valence-electron chi connectivity index (χ3n) is 8.64. The van der Waals surface area contributed by atoms with Crippen LogP contribution in [0.25, 0.3) is 0 Å². The van der Waals surface area contributed by atoms with Gasteiger partial charge in [0.05, 0.1) is 18.1 Å². The van der Waals surface area contributed by atoms with Crippen LogP contribution in [0.1, 0.15) is 55.1 Å². The summed E-state index contributed by atoms with van der Waals surface area (Å²) in [6.07, 6.45) is 5.58. The van der Waals surface area contributed by atoms with E-state index in [9.17, 15) is 9.59 Å². The average Bonchev–Trinajstić information content (AvgIpc) is 3.32. The number of para-hydroxylation sites is 1. The highest BCUT2D eigenvalue weighted by Gasteiger charge is 2.58. The van der Waals surface area contributed by atoms with Gasteiger partial charge in [0.25, 0.3) is 0 Å². The normalized spacial score (nSPS) is 21.1. The summed E-state index contributed by atoms with van der Waals surface area (Å²) >= 11 is 0. The lowest BCUT2D eigenvalue weighted by atomic mass is 9.69. The van der Waals surface area contributed by atoms with E-state index >= 15 is 0 Å². The number of fused-ring (bicyclic) bond motifs is 6. The van der Waals surface area contributed by atoms with Gasteiger partial charge in [-0.25, -0.2) is 9.59 Å². The highest BCUT2D eigenvalue weighted by molar-refractivity contribution is 5.96. The number of hydrogen-bond acceptors (Lipinski definition) is 7. The predicted molar refractivity (Wildman–Crippen MR) is 172 cm³/mol. The largest absolute Gasteiger partial charge is 0.485 e. The van der Waals surface area contributed by atoms with Gasteiger partial charge in [0.1, 0.15) is 11.9 Å². The Balaban J connectivity index is 1.33. The molecule has 0 aromatic heterocycles. The standard InChI is InChI=1S/C37H38N2O5/c1-5-39(19-11-12-20-42-35(40)24(2)3)27-17-18-30-34(22-27)43-33-21-25(4)32(38-26-13-7-6-8-14-26)23-31(33)37(30)29-16-10-9-15-28(29)36(41)44-37/h6-10,13-18,21-23,31,33,38H,2,5,11-12,19-20H2,1,3-4H3. The number of esters is 2. The molecule has 1 spiro atoms. The molecule has 7 heteroatoms. The van der Waals surface area contributed by atoms with Gasteiger partial charge in [-0.15, -0.1) is 0 Å². The van der Waals surface area contributed by atoms with Gasteiger partial charge in [-0.05, 0) is 81.7 Å². The third kappa shape index (κ3) is 5.27. The molecule has 0 saturated heterocycles. The van der Waals surface area contributed by atoms with Crippen LogP contribution in [0.3, 0.4) is 0 Å². The molecule has 3 aliphatic rings. The van der Waals surface area contributed by atoms with Crippen molar-refractivity contribution in [1.29, 1.82) is 0 Å². The van der Waals surface area contributed by atoms with Crippen molar-refractivity contribution in [2.24, 2.45) is 5.92 Å². The number of carbonyl (C=O) groups is 2. The molecule has 226 valence electrons. The monoisotopic (exact) mass is 590 g/mol. The number of unbranched alkanes of at least 4 members (excludes halogenated alkanes) is 1. The topological polar surface area (TPSA) is 77.1 Å². The summed E-state index contributed by atoms with van der Waals surface area (Å²) in [6, 6.07) is 23.9. The SMILES string of the molecule is C=C(C)C(=O)OCCCCN(CC)c1ccc2c(c1)OC1C=C(C)C(Nc3ccccc3)=CC1C21OC(=O)c2ccccc21. The van der Waals surface area contributed by atoms with Gasteiger partial charge in [-0.1, -0.05) is 43.0 Å². The molecule has 0 saturated carbocycles. The Morgan fingerprint density at radius 1 is 1.02 bits per heavy atom. The molecule has 0 fully saturated rings. The Morgan fingerprint density at radius 2 is 1.80 bits per heavy atom. The molecule has 6 rings (SSSR count). The summed E-state index contributed by atoms with van der Waals surface area (Å²) in [7, 11) is 0. The number of benzene rings is 3. The van der Waals surface area contributed by atoms with Crippen molar-refractivity contribution in [2.45, 2.75) is 45.3 Å². The number of nitrogens with one attached hydrogen (secondary N) is 1. The first-order valence-corrected chi connectivity index (χ1v) is 15.3. The zero-order valence-electron chi connectivity index (χ0n) is 25.5. The summed E-state index contributed by atoms with van der Waals surface area (Å²) in [6.45, 7) is 11.4. The van der Waals surface area contributed by atoms with E-state index in [1.54, 1.807) is 6.92 Å². The summed E-state index contributed by atoms with van der Waals surface area (Å²) in [4.78, 5) is 27.3. The molecule has 44 heavy (non-hydrogen) atoms. The quantitative estimate of drug-likeness (QED) is 0.153. The van der Waals surface area contributed by atoms with Crippen LogP contribution < -0.4 is 15.0 Å². The maximum atomic E-state index is 13.4. The van der Waals surface area contributed by atoms with E-state index in [1.807, 2.05) is 54.6 Å². The van der Waals surface area contributed by atoms with Gasteiger partial charge in [0.15, 0.2) is 5.60 Å². The number of nitrogens with zero attached hydrogens (tertiary/aromatic N) is 1. The number of ether oxygens (including phenoxy) is 3. The van der Waals surface area contributed by atoms with E-state index in [2.05, 4.69) is 61.0 Å². The molecule has 3 unspecified atom stereocenters. The number of carbonyl (C=O) groups excluding carboxylic acids is 2. The van der Waals surface area contributed by atoms with Crippen LogP contribution in [0, 0.1) is 5.92 Å². The summed E-state index contributed by atoms with van der Waals surface area (Å²) in [5, 5.41) is 3.56. The molecule has 0 amide bonds. The van der Waals surface area contributed by atoms with Crippen LogP contribution in [0.15, 0.2) is 108 Å². The summed E-state index contributed by atoms with van der Waals surface area (Å²) in [5.41, 5.74) is 5.69. The molecule has 7 nitrogen and oxygen atoms in total. The van der Waals surface area contributed by atoms with Crippen molar-refractivity contribution in [2.75, 3.05) is 29.9 Å². The Kier molecular flexibility index (Phi) is 8.04. The molecular formula is C37H38N2O5. The zero-order valence-corrected chi connectivity index (χ0v) is 25.5. The minimum atomic E-state index is -1.03. The van der Waals surface area contributed by atoms with Crippen molar-refractivity contribution in [1.82, 2.24) is 0 Å². The van der Waals surface area contributed by atoms with Crippen LogP contribution in [0.4, 0.5) is 11.4 Å². The lowest BCUT2D eigenvalue weighted by Gasteiger charge is -2.46. The Labute approximate surface area is 258 Å². The summed E-state index contributed by atoms with van der Waals surface area (Å²) in [5.74, 6) is -0.252. The molecule has 3 aromatic rings. The zero-order chi connectivity index (χ0) is 30.8. The predicted octanol–water partition coefficient (Wildman–Crippen LogP) is 7.16. The van der Waals surface area contributed by atoms with E-state index in [-0.39, 0.29) is 24.0 Å². The lowest BCUT2D eigenvalue weighted by Crippen LogP contribution is -2.49. The van der Waals surface area contributed by atoms with E-state index in [0.717, 1.165) is 59.7 Å². The minimum Gasteiger partial charge on any atom is -0.485 e. The average molecular weight is 591 g/mol. The van der Waals surface area contributed by atoms with Gasteiger partial charge in [-0.3, -0.25) is 0 Å². The maximum Gasteiger partial charge on any atom is 0.339 e. The maximum absolute atomic E-state index is 13.4. The molecule has 0 bridgehead atoms. The second kappa shape index (κ2) is 12.1. The van der Waals surface area contributed by atoms with E-state index in [1.165, 1.54) is 0 Å². The fourth-order valence-electron chi connectivity index (χ4n) is 6.41. The van der Waals surface area contributed by atoms with Crippen molar-refractivity contribution in [3.8, 4) is 5.75 Å². The molecule has 1 N–H and O–H groups in total. The molecule has 2 heterocycles. The van der Waals surface area contributed by atoms with Crippen molar-refractivity contribution < 1.29 is 23.8 Å². The van der Waals surface area contributed by atoms with Gasteiger partial charge in [0, 0.05) is 52.9 Å². The van der Waals surface area contributed by atoms with Gasteiger partial charge in [0.2, 0.25) is 0 Å². The fraction of sp³-hybridized carbons (Fsp3) is 0.297. The molecule has 3 aromatic carbocycles. The highest BCUT2D eigenvalue weighted by atomic mass is 16.6. The number of anilines is 2. The molecule has 3 atom stereocenters. The van der Waals surface area contributed by atoms with E-state index in [0.29, 0.717) is 23.5 Å². The van der Waals surface area contributed by atoms with Crippen LogP contribution in [-0.2, 0) is 19.9 Å². The Hall–Kier alpha value is -4.78. The number of rotatable bonds is 10. The Morgan fingerprint density at radius 3 is 2.57 bits per heavy atom. The van der Waals surface area contributed by atoms with Crippen molar-refractivity contribution in [3.63, 3.8) is 0 Å². The van der Waals surface area contributed by atoms with E-state index in [4.69, 9.17) is 14.2 Å². The number of hydrogen-bond donors (Lipinski definition) is 1. The fourth-order valence-corrected chi connectivity index (χ4v) is 6.41. The number of allylic oxidation sites excluding steroid dienone is 1. The molecular weight excluding hydrogens is 552 g/mol. The first kappa shape index (κ1) is 29.3. The first-order valence-electron chi connectivity index (χ1n) is 15.3. The lowest BCUT2D eigenvalue weighted by molar-refractivity contribution is -0.139. The molecule has 1 aliphatic carbocycles. The van der Waals surface area contributed by atoms with Crippen molar-refractivity contribution in [3.05, 3.63) is 125 Å². The van der Waals surface area contributed by atoms with Gasteiger partial charge < -0.3 is 24.4 Å². The minimum absolute atomic E-state index is 0.285. The van der Waals surface area contributed by atoms with Crippen LogP contribution in [0.5, 0.6) is 5.75 Å². The van der Waals surface area contributed by atoms with Gasteiger partial charge >= 0.3 is 11.9 Å². The van der Waals surface area contributed by atoms with Crippen molar-refractivity contribution >= 4 is 23.3 Å². The van der Waals surface area contributed by atoms with Gasteiger partial charge in [-0.2, -0.15) is 0 Å². The van der Waals surface area contributed by atoms with Crippen LogP contribution >= 0.6 is 0 Å². The third-order valence-corrected chi connectivity index (χ3v) is 8.64. The van der Waals surface area contributed by atoms with E-state index < -0.39 is 5.60 Å². The smallest absolute Gasteiger partial charge is 0.339 e.